The van der Waals surface area contributed by atoms with Crippen molar-refractivity contribution in [3.63, 3.8) is 0 Å². The third-order valence-electron chi connectivity index (χ3n) is 3.52. The summed E-state index contributed by atoms with van der Waals surface area (Å²) < 4.78 is 5.83. The molecule has 0 radical (unpaired) electrons. The van der Waals surface area contributed by atoms with Crippen LogP contribution in [0.5, 0.6) is 5.75 Å². The second-order valence-corrected chi connectivity index (χ2v) is 4.77. The zero-order valence-corrected chi connectivity index (χ0v) is 10.7. The van der Waals surface area contributed by atoms with Gasteiger partial charge >= 0.3 is 0 Å². The largest absolute Gasteiger partial charge is 0.493 e. The van der Waals surface area contributed by atoms with E-state index in [2.05, 4.69) is 21.4 Å². The van der Waals surface area contributed by atoms with Crippen LogP contribution in [0.1, 0.15) is 11.6 Å². The zero-order chi connectivity index (χ0) is 12.9. The van der Waals surface area contributed by atoms with Gasteiger partial charge in [-0.15, -0.1) is 0 Å². The molecule has 1 aliphatic rings. The number of hydrogen-bond donors (Lipinski definition) is 1. The highest BCUT2D eigenvalue weighted by Crippen LogP contribution is 2.27. The van der Waals surface area contributed by atoms with Gasteiger partial charge in [0.15, 0.2) is 0 Å². The summed E-state index contributed by atoms with van der Waals surface area (Å²) in [6.07, 6.45) is 5.35. The van der Waals surface area contributed by atoms with Crippen molar-refractivity contribution >= 4 is 0 Å². The lowest BCUT2D eigenvalue weighted by Crippen LogP contribution is -2.20. The predicted octanol–water partition coefficient (Wildman–Crippen LogP) is 1.86. The molecule has 3 rings (SSSR count). The lowest BCUT2D eigenvalue weighted by atomic mass is 9.93. The molecular formula is C15H17N3O. The molecule has 0 amide bonds. The number of pyridine rings is 2. The fraction of sp³-hybridized carbons (Fsp3) is 0.333. The van der Waals surface area contributed by atoms with Crippen LogP contribution in [-0.2, 0) is 0 Å². The first-order valence-corrected chi connectivity index (χ1v) is 6.58. The minimum Gasteiger partial charge on any atom is -0.493 e. The summed E-state index contributed by atoms with van der Waals surface area (Å²) >= 11 is 0. The molecule has 1 saturated heterocycles. The maximum atomic E-state index is 5.83. The highest BCUT2D eigenvalue weighted by Gasteiger charge is 2.29. The molecule has 0 aromatic carbocycles. The van der Waals surface area contributed by atoms with E-state index in [9.17, 15) is 0 Å². The Labute approximate surface area is 112 Å². The van der Waals surface area contributed by atoms with Gasteiger partial charge in [-0.1, -0.05) is 6.07 Å². The molecule has 1 N–H and O–H groups in total. The number of ether oxygens (including phenoxy) is 1. The van der Waals surface area contributed by atoms with E-state index in [1.165, 1.54) is 0 Å². The lowest BCUT2D eigenvalue weighted by molar-refractivity contribution is 0.247. The molecule has 1 fully saturated rings. The molecule has 0 unspecified atom stereocenters. The molecule has 2 aromatic heterocycles. The van der Waals surface area contributed by atoms with Crippen LogP contribution in [0.25, 0.3) is 0 Å². The standard InChI is InChI=1S/C15H17N3O/c1-2-6-18-15(3-1)14-10-17-9-12(14)11-19-13-4-7-16-8-5-13/h1-8,12,14,17H,9-11H2/t12-,14+/m1/s1. The summed E-state index contributed by atoms with van der Waals surface area (Å²) in [7, 11) is 0. The van der Waals surface area contributed by atoms with Gasteiger partial charge in [0.25, 0.3) is 0 Å². The molecule has 2 atom stereocenters. The SMILES string of the molecule is c1ccc([C@H]2CNC[C@@H]2COc2ccncc2)nc1. The zero-order valence-electron chi connectivity index (χ0n) is 10.7. The van der Waals surface area contributed by atoms with Crippen molar-refractivity contribution in [2.24, 2.45) is 5.92 Å². The Morgan fingerprint density at radius 2 is 2.00 bits per heavy atom. The van der Waals surface area contributed by atoms with Crippen molar-refractivity contribution in [3.05, 3.63) is 54.6 Å². The van der Waals surface area contributed by atoms with E-state index in [1.807, 2.05) is 30.5 Å². The van der Waals surface area contributed by atoms with Gasteiger partial charge in [0, 0.05) is 49.2 Å². The molecule has 0 saturated carbocycles. The highest BCUT2D eigenvalue weighted by molar-refractivity contribution is 5.18. The molecule has 1 aliphatic heterocycles. The van der Waals surface area contributed by atoms with Crippen molar-refractivity contribution in [2.45, 2.75) is 5.92 Å². The Kier molecular flexibility index (Phi) is 3.70. The number of aromatic nitrogens is 2. The van der Waals surface area contributed by atoms with Crippen molar-refractivity contribution in [2.75, 3.05) is 19.7 Å². The smallest absolute Gasteiger partial charge is 0.122 e. The topological polar surface area (TPSA) is 47.0 Å². The van der Waals surface area contributed by atoms with E-state index >= 15 is 0 Å². The molecule has 4 heteroatoms. The van der Waals surface area contributed by atoms with Gasteiger partial charge in [0.2, 0.25) is 0 Å². The van der Waals surface area contributed by atoms with Crippen LogP contribution in [0, 0.1) is 5.92 Å². The van der Waals surface area contributed by atoms with Crippen LogP contribution in [0.2, 0.25) is 0 Å². The molecule has 98 valence electrons. The van der Waals surface area contributed by atoms with Crippen LogP contribution in [0.4, 0.5) is 0 Å². The summed E-state index contributed by atoms with van der Waals surface area (Å²) in [5, 5.41) is 3.42. The number of rotatable bonds is 4. The van der Waals surface area contributed by atoms with Crippen molar-refractivity contribution in [3.8, 4) is 5.75 Å². The second-order valence-electron chi connectivity index (χ2n) is 4.77. The first kappa shape index (κ1) is 12.1. The van der Waals surface area contributed by atoms with E-state index in [-0.39, 0.29) is 0 Å². The molecule has 0 bridgehead atoms. The minimum absolute atomic E-state index is 0.433. The fourth-order valence-electron chi connectivity index (χ4n) is 2.49. The van der Waals surface area contributed by atoms with Gasteiger partial charge < -0.3 is 10.1 Å². The number of nitrogens with one attached hydrogen (secondary N) is 1. The van der Waals surface area contributed by atoms with E-state index in [0.29, 0.717) is 18.4 Å². The number of nitrogens with zero attached hydrogens (tertiary/aromatic N) is 2. The van der Waals surface area contributed by atoms with Crippen LogP contribution in [-0.4, -0.2) is 29.7 Å². The predicted molar refractivity (Wildman–Crippen MR) is 73.1 cm³/mol. The van der Waals surface area contributed by atoms with E-state index < -0.39 is 0 Å². The Bertz CT molecular complexity index is 503. The Morgan fingerprint density at radius 1 is 1.11 bits per heavy atom. The van der Waals surface area contributed by atoms with E-state index in [1.54, 1.807) is 12.4 Å². The van der Waals surface area contributed by atoms with Gasteiger partial charge in [0.05, 0.1) is 6.61 Å². The van der Waals surface area contributed by atoms with Gasteiger partial charge in [-0.25, -0.2) is 0 Å². The summed E-state index contributed by atoms with van der Waals surface area (Å²) in [6, 6.07) is 9.86. The lowest BCUT2D eigenvalue weighted by Gasteiger charge is -2.18. The van der Waals surface area contributed by atoms with Gasteiger partial charge in [0.1, 0.15) is 5.75 Å². The summed E-state index contributed by atoms with van der Waals surface area (Å²) in [5.41, 5.74) is 1.15. The van der Waals surface area contributed by atoms with Crippen molar-refractivity contribution < 1.29 is 4.74 Å². The van der Waals surface area contributed by atoms with Crippen molar-refractivity contribution in [1.29, 1.82) is 0 Å². The Balaban J connectivity index is 1.64. The van der Waals surface area contributed by atoms with Crippen LogP contribution >= 0.6 is 0 Å². The Hall–Kier alpha value is -1.94. The molecule has 19 heavy (non-hydrogen) atoms. The molecular weight excluding hydrogens is 238 g/mol. The monoisotopic (exact) mass is 255 g/mol. The Morgan fingerprint density at radius 3 is 2.79 bits per heavy atom. The van der Waals surface area contributed by atoms with Gasteiger partial charge in [-0.2, -0.15) is 0 Å². The maximum absolute atomic E-state index is 5.83. The first-order valence-electron chi connectivity index (χ1n) is 6.58. The normalized spacial score (nSPS) is 22.3. The van der Waals surface area contributed by atoms with Crippen molar-refractivity contribution in [1.82, 2.24) is 15.3 Å². The third kappa shape index (κ3) is 2.90. The quantitative estimate of drug-likeness (QED) is 0.906. The minimum atomic E-state index is 0.433. The molecule has 2 aromatic rings. The van der Waals surface area contributed by atoms with E-state index in [4.69, 9.17) is 4.74 Å². The molecule has 4 nitrogen and oxygen atoms in total. The maximum Gasteiger partial charge on any atom is 0.122 e. The number of hydrogen-bond acceptors (Lipinski definition) is 4. The molecule has 3 heterocycles. The average Bonchev–Trinajstić information content (AvgIpc) is 2.95. The average molecular weight is 255 g/mol. The summed E-state index contributed by atoms with van der Waals surface area (Å²) in [4.78, 5) is 8.45. The fourth-order valence-corrected chi connectivity index (χ4v) is 2.49. The van der Waals surface area contributed by atoms with Crippen LogP contribution in [0.3, 0.4) is 0 Å². The van der Waals surface area contributed by atoms with E-state index in [0.717, 1.165) is 24.5 Å². The van der Waals surface area contributed by atoms with Crippen LogP contribution in [0.15, 0.2) is 48.9 Å². The summed E-state index contributed by atoms with van der Waals surface area (Å²) in [5.74, 6) is 1.77. The van der Waals surface area contributed by atoms with Gasteiger partial charge in [-0.3, -0.25) is 9.97 Å². The second kappa shape index (κ2) is 5.80. The third-order valence-corrected chi connectivity index (χ3v) is 3.52. The van der Waals surface area contributed by atoms with Gasteiger partial charge in [-0.05, 0) is 24.3 Å². The summed E-state index contributed by atoms with van der Waals surface area (Å²) in [6.45, 7) is 2.66. The molecule has 0 aliphatic carbocycles. The first-order chi connectivity index (χ1) is 9.43. The highest BCUT2D eigenvalue weighted by atomic mass is 16.5. The molecule has 0 spiro atoms. The van der Waals surface area contributed by atoms with Crippen LogP contribution < -0.4 is 10.1 Å².